The number of benzene rings is 3. The Kier molecular flexibility index (Phi) is 20.2. The number of aryl methyl sites for hydroxylation is 1. The zero-order chi connectivity index (χ0) is 28.3. The summed E-state index contributed by atoms with van der Waals surface area (Å²) in [7, 11) is 1.00. The monoisotopic (exact) mass is 665 g/mol. The fraction of sp³-hybridized carbons (Fsp3) is 0.389. The van der Waals surface area contributed by atoms with E-state index in [4.69, 9.17) is 9.84 Å². The quantitative estimate of drug-likeness (QED) is 0.201. The van der Waals surface area contributed by atoms with Crippen molar-refractivity contribution in [3.05, 3.63) is 121 Å². The van der Waals surface area contributed by atoms with Gasteiger partial charge in [-0.2, -0.15) is 0 Å². The van der Waals surface area contributed by atoms with Crippen molar-refractivity contribution in [3.8, 4) is 0 Å². The average Bonchev–Trinajstić information content (AvgIpc) is 3.05. The molecule has 3 aromatic rings. The molecule has 0 radical (unpaired) electrons. The maximum absolute atomic E-state index is 12.3. The molecule has 5 rings (SSSR count). The molecule has 2 atom stereocenters. The molecule has 2 heterocycles. The van der Waals surface area contributed by atoms with E-state index in [1.807, 2.05) is 53.4 Å². The molecule has 2 aliphatic rings. The Hall–Kier alpha value is -2.75. The third-order valence-corrected chi connectivity index (χ3v) is 7.36. The van der Waals surface area contributed by atoms with Gasteiger partial charge in [-0.1, -0.05) is 103 Å². The van der Waals surface area contributed by atoms with E-state index >= 15 is 0 Å². The molecular formula is C36H51N2O3Pd-. The summed E-state index contributed by atoms with van der Waals surface area (Å²) in [4.78, 5) is 14.1. The van der Waals surface area contributed by atoms with Crippen LogP contribution in [0.25, 0.3) is 6.08 Å². The van der Waals surface area contributed by atoms with E-state index in [-0.39, 0.29) is 35.4 Å². The first-order valence-electron chi connectivity index (χ1n) is 14.6. The molecule has 234 valence electrons. The number of hydrogen-bond acceptors (Lipinski definition) is 4. The number of amides is 1. The van der Waals surface area contributed by atoms with Crippen molar-refractivity contribution >= 4 is 12.2 Å². The van der Waals surface area contributed by atoms with Gasteiger partial charge in [0.1, 0.15) is 6.61 Å². The van der Waals surface area contributed by atoms with E-state index in [2.05, 4.69) is 59.9 Å². The summed E-state index contributed by atoms with van der Waals surface area (Å²) in [5, 5.41) is 10.5. The Morgan fingerprint density at radius 1 is 0.929 bits per heavy atom. The Balaban J connectivity index is 0.000000802. The minimum atomic E-state index is -0.211. The average molecular weight is 666 g/mol. The molecule has 0 aliphatic carbocycles. The van der Waals surface area contributed by atoms with Crippen LogP contribution in [-0.4, -0.2) is 49.4 Å². The number of carbonyl (C=O) groups is 1. The summed E-state index contributed by atoms with van der Waals surface area (Å²) in [5.41, 5.74) is 3.70. The minimum absolute atomic E-state index is 0. The molecular weight excluding hydrogens is 615 g/mol. The second kappa shape index (κ2) is 22.8. The summed E-state index contributed by atoms with van der Waals surface area (Å²) >= 11 is 0. The molecule has 0 spiro atoms. The fourth-order valence-corrected chi connectivity index (χ4v) is 5.14. The molecule has 0 saturated carbocycles. The largest absolute Gasteiger partial charge is 0.445 e. The van der Waals surface area contributed by atoms with Crippen LogP contribution in [0.2, 0.25) is 0 Å². The van der Waals surface area contributed by atoms with E-state index in [1.54, 1.807) is 0 Å². The molecule has 2 N–H and O–H groups in total. The van der Waals surface area contributed by atoms with Crippen molar-refractivity contribution in [2.45, 2.75) is 45.1 Å². The van der Waals surface area contributed by atoms with Gasteiger partial charge in [-0.3, -0.25) is 0 Å². The maximum atomic E-state index is 12.3. The van der Waals surface area contributed by atoms with Crippen LogP contribution in [0.5, 0.6) is 0 Å². The van der Waals surface area contributed by atoms with Crippen molar-refractivity contribution in [2.75, 3.05) is 33.3 Å². The summed E-state index contributed by atoms with van der Waals surface area (Å²) in [6.45, 7) is 4.30. The molecule has 42 heavy (non-hydrogen) atoms. The van der Waals surface area contributed by atoms with Crippen LogP contribution in [0, 0.1) is 19.3 Å². The van der Waals surface area contributed by atoms with Gasteiger partial charge in [-0.25, -0.2) is 4.79 Å². The number of piperidine rings is 2. The zero-order valence-electron chi connectivity index (χ0n) is 25.3. The van der Waals surface area contributed by atoms with Gasteiger partial charge in [0.2, 0.25) is 0 Å². The van der Waals surface area contributed by atoms with Gasteiger partial charge < -0.3 is 27.5 Å². The predicted octanol–water partition coefficient (Wildman–Crippen LogP) is 7.67. The van der Waals surface area contributed by atoms with Gasteiger partial charge in [-0.05, 0) is 80.1 Å². The number of rotatable bonds is 7. The van der Waals surface area contributed by atoms with E-state index in [0.717, 1.165) is 44.5 Å². The normalized spacial score (nSPS) is 17.7. The maximum Gasteiger partial charge on any atom is 0.410 e. The predicted molar refractivity (Wildman–Crippen MR) is 173 cm³/mol. The number of aliphatic hydroxyl groups is 1. The molecule has 6 heteroatoms. The van der Waals surface area contributed by atoms with Crippen molar-refractivity contribution in [3.63, 3.8) is 0 Å². The Bertz CT molecular complexity index is 1100. The van der Waals surface area contributed by atoms with E-state index < -0.39 is 0 Å². The molecule has 0 aromatic heterocycles. The molecule has 2 fully saturated rings. The van der Waals surface area contributed by atoms with E-state index in [0.29, 0.717) is 12.5 Å². The number of aliphatic hydroxyl groups excluding tert-OH is 1. The van der Waals surface area contributed by atoms with Crippen molar-refractivity contribution in [1.82, 2.24) is 10.2 Å². The van der Waals surface area contributed by atoms with Gasteiger partial charge in [0, 0.05) is 42.0 Å². The van der Waals surface area contributed by atoms with Crippen LogP contribution in [0.1, 0.15) is 50.2 Å². The zero-order valence-corrected chi connectivity index (χ0v) is 26.8. The number of likely N-dealkylation sites (tertiary alicyclic amines) is 1. The van der Waals surface area contributed by atoms with Crippen molar-refractivity contribution in [2.24, 2.45) is 11.8 Å². The molecule has 2 unspecified atom stereocenters. The SMILES string of the molecule is CO.O=C(OCc1ccccc1)N1CCCC(C=Cc2ccccc2)C1.[CH3-].[HH].[Pd].c1ccc(CCC2CCCNC2)cc1. The Morgan fingerprint density at radius 3 is 2.17 bits per heavy atom. The fourth-order valence-electron chi connectivity index (χ4n) is 5.14. The third kappa shape index (κ3) is 14.4. The van der Waals surface area contributed by atoms with Crippen LogP contribution in [0.15, 0.2) is 97.1 Å². The first-order valence-corrected chi connectivity index (χ1v) is 14.6. The van der Waals surface area contributed by atoms with Gasteiger partial charge in [0.15, 0.2) is 0 Å². The number of nitrogens with one attached hydrogen (secondary N) is 1. The first kappa shape index (κ1) is 37.3. The Labute approximate surface area is 269 Å². The number of nitrogens with zero attached hydrogens (tertiary/aromatic N) is 1. The number of hydrogen-bond donors (Lipinski definition) is 2. The van der Waals surface area contributed by atoms with Crippen LogP contribution in [-0.2, 0) is 38.2 Å². The minimum Gasteiger partial charge on any atom is -0.445 e. The summed E-state index contributed by atoms with van der Waals surface area (Å²) in [5.74, 6) is 1.30. The summed E-state index contributed by atoms with van der Waals surface area (Å²) in [6, 6.07) is 30.9. The van der Waals surface area contributed by atoms with Crippen molar-refractivity contribution in [1.29, 1.82) is 0 Å². The van der Waals surface area contributed by atoms with Gasteiger partial charge in [0.05, 0.1) is 0 Å². The van der Waals surface area contributed by atoms with Crippen LogP contribution in [0.3, 0.4) is 0 Å². The van der Waals surface area contributed by atoms with Crippen LogP contribution < -0.4 is 5.32 Å². The molecule has 2 saturated heterocycles. The summed E-state index contributed by atoms with van der Waals surface area (Å²) in [6.07, 6.45) is 11.6. The van der Waals surface area contributed by atoms with Crippen LogP contribution >= 0.6 is 0 Å². The van der Waals surface area contributed by atoms with E-state index in [9.17, 15) is 4.79 Å². The van der Waals surface area contributed by atoms with Crippen LogP contribution in [0.4, 0.5) is 4.79 Å². The molecule has 0 bridgehead atoms. The second-order valence-corrected chi connectivity index (χ2v) is 10.4. The van der Waals surface area contributed by atoms with Gasteiger partial charge >= 0.3 is 6.09 Å². The van der Waals surface area contributed by atoms with Gasteiger partial charge in [-0.15, -0.1) is 0 Å². The van der Waals surface area contributed by atoms with E-state index in [1.165, 1.54) is 49.9 Å². The smallest absolute Gasteiger partial charge is 0.410 e. The Morgan fingerprint density at radius 2 is 1.55 bits per heavy atom. The molecule has 5 nitrogen and oxygen atoms in total. The number of carbonyl (C=O) groups excluding carboxylic acids is 1. The topological polar surface area (TPSA) is 61.8 Å². The van der Waals surface area contributed by atoms with Gasteiger partial charge in [0.25, 0.3) is 0 Å². The third-order valence-electron chi connectivity index (χ3n) is 7.36. The molecule has 2 aliphatic heterocycles. The number of ether oxygens (including phenoxy) is 1. The second-order valence-electron chi connectivity index (χ2n) is 10.4. The summed E-state index contributed by atoms with van der Waals surface area (Å²) < 4.78 is 5.44. The molecule has 3 aromatic carbocycles. The van der Waals surface area contributed by atoms with Crippen molar-refractivity contribution < 1.29 is 36.5 Å². The molecule has 1 amide bonds. The standard InChI is InChI=1S/C21H23NO2.C13H19N.CH4O.CH3.Pd.H2/c23-21(24-17-20-10-5-2-6-11-20)22-15-7-12-19(16-22)14-13-18-8-3-1-4-9-18;1-2-5-12(6-3-1)8-9-13-7-4-10-14-11-13;1-2;;;/h1-6,8-11,13-14,19H,7,12,15-17H2;1-3,5-6,13-14H,4,7-11H2;2H,1H3;1H3;;1H/q;;;-1;;. The first-order chi connectivity index (χ1) is 19.8.